The van der Waals surface area contributed by atoms with Crippen molar-refractivity contribution in [3.8, 4) is 0 Å². The zero-order valence-electron chi connectivity index (χ0n) is 13.0. The quantitative estimate of drug-likeness (QED) is 0.675. The van der Waals surface area contributed by atoms with Crippen molar-refractivity contribution in [3.05, 3.63) is 60.2 Å². The summed E-state index contributed by atoms with van der Waals surface area (Å²) in [5, 5.41) is 19.3. The van der Waals surface area contributed by atoms with Crippen LogP contribution in [0.25, 0.3) is 21.5 Å². The molecule has 3 aromatic carbocycles. The van der Waals surface area contributed by atoms with E-state index in [0.717, 1.165) is 18.5 Å². The molecule has 2 nitrogen and oxygen atoms in total. The van der Waals surface area contributed by atoms with Gasteiger partial charge in [0.1, 0.15) is 0 Å². The molecular weight excluding hydrogens is 306 g/mol. The fraction of sp³-hybridized carbons (Fsp3) is 0.300. The molecule has 0 amide bonds. The summed E-state index contributed by atoms with van der Waals surface area (Å²) in [4.78, 5) is 0. The zero-order chi connectivity index (χ0) is 14.9. The minimum atomic E-state index is -0.449. The number of hydrogen-bond acceptors (Lipinski definition) is 2. The third-order valence-corrected chi connectivity index (χ3v) is 4.85. The molecule has 2 unspecified atom stereocenters. The number of aliphatic hydroxyl groups is 1. The highest BCUT2D eigenvalue weighted by molar-refractivity contribution is 6.09. The Morgan fingerprint density at radius 2 is 1.61 bits per heavy atom. The van der Waals surface area contributed by atoms with Crippen molar-refractivity contribution in [1.29, 1.82) is 0 Å². The highest BCUT2D eigenvalue weighted by Gasteiger charge is 2.24. The lowest BCUT2D eigenvalue weighted by Gasteiger charge is -2.29. The molecule has 0 radical (unpaired) electrons. The lowest BCUT2D eigenvalue weighted by molar-refractivity contribution is 0.115. The number of piperidine rings is 1. The van der Waals surface area contributed by atoms with E-state index in [1.165, 1.54) is 34.4 Å². The largest absolute Gasteiger partial charge is 0.387 e. The van der Waals surface area contributed by atoms with Gasteiger partial charge in [0.25, 0.3) is 0 Å². The molecule has 1 aliphatic heterocycles. The van der Waals surface area contributed by atoms with E-state index in [9.17, 15) is 5.11 Å². The van der Waals surface area contributed by atoms with E-state index in [1.54, 1.807) is 0 Å². The number of benzene rings is 3. The van der Waals surface area contributed by atoms with Crippen LogP contribution in [0.5, 0.6) is 0 Å². The van der Waals surface area contributed by atoms with E-state index in [-0.39, 0.29) is 18.4 Å². The molecule has 0 aliphatic carbocycles. The standard InChI is InChI=1S/C20H21NO.ClH/c22-20(19-11-5-6-12-21-19)18-13-14-7-1-2-8-15(14)16-9-3-4-10-17(16)18;/h1-4,7-10,13,19-22H,5-6,11-12H2;1H. The first-order chi connectivity index (χ1) is 10.8. The number of aliphatic hydroxyl groups excluding tert-OH is 1. The van der Waals surface area contributed by atoms with Gasteiger partial charge in [-0.2, -0.15) is 0 Å². The average molecular weight is 328 g/mol. The summed E-state index contributed by atoms with van der Waals surface area (Å²) >= 11 is 0. The van der Waals surface area contributed by atoms with Crippen molar-refractivity contribution in [2.24, 2.45) is 0 Å². The summed E-state index contributed by atoms with van der Waals surface area (Å²) in [6.45, 7) is 1.01. The monoisotopic (exact) mass is 327 g/mol. The highest BCUT2D eigenvalue weighted by atomic mass is 35.5. The third-order valence-electron chi connectivity index (χ3n) is 4.85. The Morgan fingerprint density at radius 3 is 2.35 bits per heavy atom. The Balaban J connectivity index is 0.00000156. The summed E-state index contributed by atoms with van der Waals surface area (Å²) in [7, 11) is 0. The second-order valence-electron chi connectivity index (χ2n) is 6.23. The number of halogens is 1. The Hall–Kier alpha value is -1.61. The van der Waals surface area contributed by atoms with Gasteiger partial charge in [0.05, 0.1) is 6.10 Å². The summed E-state index contributed by atoms with van der Waals surface area (Å²) in [6.07, 6.45) is 3.00. The lowest BCUT2D eigenvalue weighted by atomic mass is 9.89. The Morgan fingerprint density at radius 1 is 0.913 bits per heavy atom. The van der Waals surface area contributed by atoms with E-state index in [2.05, 4.69) is 59.9 Å². The maximum absolute atomic E-state index is 10.9. The van der Waals surface area contributed by atoms with Crippen LogP contribution in [0.1, 0.15) is 30.9 Å². The van der Waals surface area contributed by atoms with Crippen LogP contribution in [-0.4, -0.2) is 17.7 Å². The minimum Gasteiger partial charge on any atom is -0.387 e. The number of rotatable bonds is 2. The van der Waals surface area contributed by atoms with Crippen LogP contribution in [-0.2, 0) is 0 Å². The van der Waals surface area contributed by atoms with Crippen molar-refractivity contribution in [1.82, 2.24) is 5.32 Å². The topological polar surface area (TPSA) is 32.3 Å². The van der Waals surface area contributed by atoms with Crippen molar-refractivity contribution in [3.63, 3.8) is 0 Å². The van der Waals surface area contributed by atoms with Gasteiger partial charge < -0.3 is 10.4 Å². The first kappa shape index (κ1) is 16.3. The summed E-state index contributed by atoms with van der Waals surface area (Å²) in [5.41, 5.74) is 1.05. The SMILES string of the molecule is Cl.OC(c1cc2ccccc2c2ccccc12)C1CCCCN1. The predicted octanol–water partition coefficient (Wildman–Crippen LogP) is 4.59. The Kier molecular flexibility index (Phi) is 4.86. The average Bonchev–Trinajstić information content (AvgIpc) is 2.61. The van der Waals surface area contributed by atoms with Crippen LogP contribution in [0.4, 0.5) is 0 Å². The smallest absolute Gasteiger partial charge is 0.0949 e. The van der Waals surface area contributed by atoms with E-state index in [4.69, 9.17) is 0 Å². The molecule has 0 bridgehead atoms. The number of fused-ring (bicyclic) bond motifs is 3. The molecule has 1 heterocycles. The van der Waals surface area contributed by atoms with Gasteiger partial charge in [-0.15, -0.1) is 12.4 Å². The van der Waals surface area contributed by atoms with Gasteiger partial charge in [-0.05, 0) is 52.6 Å². The fourth-order valence-electron chi connectivity index (χ4n) is 3.69. The zero-order valence-corrected chi connectivity index (χ0v) is 13.9. The normalized spacial score (nSPS) is 19.4. The first-order valence-electron chi connectivity index (χ1n) is 8.16. The van der Waals surface area contributed by atoms with E-state index < -0.39 is 6.10 Å². The van der Waals surface area contributed by atoms with Crippen LogP contribution in [0.15, 0.2) is 54.6 Å². The van der Waals surface area contributed by atoms with Crippen molar-refractivity contribution < 1.29 is 5.11 Å². The van der Waals surface area contributed by atoms with Gasteiger partial charge >= 0.3 is 0 Å². The predicted molar refractivity (Wildman–Crippen MR) is 99.3 cm³/mol. The third kappa shape index (κ3) is 2.94. The van der Waals surface area contributed by atoms with Crippen molar-refractivity contribution in [2.45, 2.75) is 31.4 Å². The van der Waals surface area contributed by atoms with Gasteiger partial charge in [0.15, 0.2) is 0 Å². The van der Waals surface area contributed by atoms with Gasteiger partial charge in [-0.1, -0.05) is 55.0 Å². The molecule has 1 saturated heterocycles. The van der Waals surface area contributed by atoms with E-state index >= 15 is 0 Å². The molecule has 2 N–H and O–H groups in total. The summed E-state index contributed by atoms with van der Waals surface area (Å²) in [6, 6.07) is 19.2. The van der Waals surface area contributed by atoms with Crippen LogP contribution >= 0.6 is 12.4 Å². The second-order valence-corrected chi connectivity index (χ2v) is 6.23. The maximum Gasteiger partial charge on any atom is 0.0949 e. The van der Waals surface area contributed by atoms with Gasteiger partial charge in [-0.3, -0.25) is 0 Å². The fourth-order valence-corrected chi connectivity index (χ4v) is 3.69. The second kappa shape index (κ2) is 6.88. The Labute approximate surface area is 142 Å². The van der Waals surface area contributed by atoms with Crippen molar-refractivity contribution >= 4 is 34.0 Å². The molecule has 2 atom stereocenters. The van der Waals surface area contributed by atoms with Crippen LogP contribution < -0.4 is 5.32 Å². The highest BCUT2D eigenvalue weighted by Crippen LogP contribution is 2.34. The molecule has 1 aliphatic rings. The number of nitrogens with one attached hydrogen (secondary N) is 1. The maximum atomic E-state index is 10.9. The molecule has 0 aromatic heterocycles. The lowest BCUT2D eigenvalue weighted by Crippen LogP contribution is -2.38. The molecule has 4 rings (SSSR count). The van der Waals surface area contributed by atoms with Crippen LogP contribution in [0, 0.1) is 0 Å². The van der Waals surface area contributed by atoms with E-state index in [0.29, 0.717) is 0 Å². The molecule has 1 fully saturated rings. The van der Waals surface area contributed by atoms with Gasteiger partial charge in [0.2, 0.25) is 0 Å². The van der Waals surface area contributed by atoms with Gasteiger partial charge in [0, 0.05) is 6.04 Å². The molecule has 0 spiro atoms. The van der Waals surface area contributed by atoms with Gasteiger partial charge in [-0.25, -0.2) is 0 Å². The summed E-state index contributed by atoms with van der Waals surface area (Å²) in [5.74, 6) is 0. The summed E-state index contributed by atoms with van der Waals surface area (Å²) < 4.78 is 0. The van der Waals surface area contributed by atoms with Crippen molar-refractivity contribution in [2.75, 3.05) is 6.54 Å². The molecule has 3 heteroatoms. The molecule has 0 saturated carbocycles. The molecular formula is C20H22ClNO. The van der Waals surface area contributed by atoms with Crippen LogP contribution in [0.2, 0.25) is 0 Å². The van der Waals surface area contributed by atoms with E-state index in [1.807, 2.05) is 0 Å². The first-order valence-corrected chi connectivity index (χ1v) is 8.16. The molecule has 120 valence electrons. The Bertz CT molecular complexity index is 811. The molecule has 3 aromatic rings. The van der Waals surface area contributed by atoms with Crippen LogP contribution in [0.3, 0.4) is 0 Å². The number of hydrogen-bond donors (Lipinski definition) is 2. The molecule has 23 heavy (non-hydrogen) atoms. The minimum absolute atomic E-state index is 0.